The number of aliphatic imine (C=N–C) groups is 1. The summed E-state index contributed by atoms with van der Waals surface area (Å²) < 4.78 is 11.3. The number of hydrogen-bond acceptors (Lipinski definition) is 5. The molecule has 1 aliphatic rings. The maximum Gasteiger partial charge on any atom is 0.194 e. The van der Waals surface area contributed by atoms with Crippen LogP contribution in [0.15, 0.2) is 47.6 Å². The van der Waals surface area contributed by atoms with Crippen molar-refractivity contribution in [2.24, 2.45) is 4.99 Å². The molecule has 0 spiro atoms. The number of pyridine rings is 1. The Hall–Kier alpha value is -1.78. The molecule has 1 saturated heterocycles. The van der Waals surface area contributed by atoms with Crippen LogP contribution >= 0.6 is 35.6 Å². The smallest absolute Gasteiger partial charge is 0.194 e. The van der Waals surface area contributed by atoms with Crippen molar-refractivity contribution in [2.75, 3.05) is 57.9 Å². The normalized spacial score (nSPS) is 14.0. The molecule has 0 radical (unpaired) electrons. The fourth-order valence-corrected chi connectivity index (χ4v) is 3.31. The highest BCUT2D eigenvalue weighted by Gasteiger charge is 2.16. The van der Waals surface area contributed by atoms with E-state index in [1.54, 1.807) is 0 Å². The molecule has 0 saturated carbocycles. The fourth-order valence-electron chi connectivity index (χ4n) is 3.18. The number of hydrogen-bond donors (Lipinski definition) is 1. The monoisotopic (exact) mass is 559 g/mol. The lowest BCUT2D eigenvalue weighted by Crippen LogP contribution is -2.41. The molecule has 1 aromatic carbocycles. The van der Waals surface area contributed by atoms with Crippen LogP contribution in [-0.2, 0) is 11.3 Å². The van der Waals surface area contributed by atoms with Crippen LogP contribution in [0.3, 0.4) is 0 Å². The van der Waals surface area contributed by atoms with Crippen molar-refractivity contribution in [1.82, 2.24) is 15.2 Å². The second-order valence-electron chi connectivity index (χ2n) is 6.98. The van der Waals surface area contributed by atoms with Crippen molar-refractivity contribution in [2.45, 2.75) is 13.5 Å². The van der Waals surface area contributed by atoms with E-state index in [9.17, 15) is 0 Å². The molecule has 1 aliphatic heterocycles. The first-order valence-corrected chi connectivity index (χ1v) is 10.7. The minimum atomic E-state index is 0. The van der Waals surface area contributed by atoms with Crippen molar-refractivity contribution in [1.29, 1.82) is 0 Å². The van der Waals surface area contributed by atoms with Crippen molar-refractivity contribution in [3.63, 3.8) is 0 Å². The lowest BCUT2D eigenvalue weighted by molar-refractivity contribution is 0.122. The molecule has 3 rings (SSSR count). The highest BCUT2D eigenvalue weighted by Crippen LogP contribution is 2.19. The van der Waals surface area contributed by atoms with E-state index in [1.165, 1.54) is 0 Å². The van der Waals surface area contributed by atoms with Crippen LogP contribution in [0.4, 0.5) is 5.82 Å². The zero-order valence-electron chi connectivity index (χ0n) is 18.1. The highest BCUT2D eigenvalue weighted by atomic mass is 127. The Morgan fingerprint density at radius 3 is 2.71 bits per heavy atom. The Balaban J connectivity index is 0.00000341. The number of anilines is 1. The largest absolute Gasteiger partial charge is 0.492 e. The Bertz CT molecular complexity index is 816. The molecule has 31 heavy (non-hydrogen) atoms. The average molecular weight is 560 g/mol. The first kappa shape index (κ1) is 25.5. The summed E-state index contributed by atoms with van der Waals surface area (Å²) in [6.07, 6.45) is 1.84. The summed E-state index contributed by atoms with van der Waals surface area (Å²) in [6.45, 7) is 7.86. The van der Waals surface area contributed by atoms with Gasteiger partial charge in [-0.05, 0) is 37.3 Å². The molecule has 9 heteroatoms. The molecule has 0 amide bonds. The number of morpholine rings is 1. The third kappa shape index (κ3) is 8.01. The van der Waals surface area contributed by atoms with Gasteiger partial charge in [-0.3, -0.25) is 0 Å². The van der Waals surface area contributed by atoms with Gasteiger partial charge >= 0.3 is 0 Å². The molecule has 2 heterocycles. The van der Waals surface area contributed by atoms with Gasteiger partial charge in [-0.1, -0.05) is 17.7 Å². The summed E-state index contributed by atoms with van der Waals surface area (Å²) in [6, 6.07) is 11.5. The van der Waals surface area contributed by atoms with Crippen molar-refractivity contribution >= 4 is 47.4 Å². The van der Waals surface area contributed by atoms with Crippen LogP contribution in [0.25, 0.3) is 0 Å². The summed E-state index contributed by atoms with van der Waals surface area (Å²) in [5.41, 5.74) is 1.11. The van der Waals surface area contributed by atoms with E-state index in [2.05, 4.69) is 33.1 Å². The standard InChI is InChI=1S/C22H30ClN5O2.HI/c1-3-24-22(27(2)11-16-30-20-8-6-19(23)7-9-20)26-17-18-5-4-10-25-21(18)28-12-14-29-15-13-28;/h4-10H,3,11-17H2,1-2H3,(H,24,26);1H. The third-order valence-corrected chi connectivity index (χ3v) is 5.03. The number of rotatable bonds is 8. The molecule has 2 aromatic rings. The first-order chi connectivity index (χ1) is 14.7. The van der Waals surface area contributed by atoms with Crippen LogP contribution in [0.1, 0.15) is 12.5 Å². The van der Waals surface area contributed by atoms with Crippen LogP contribution in [0.2, 0.25) is 5.02 Å². The van der Waals surface area contributed by atoms with Gasteiger partial charge < -0.3 is 24.6 Å². The number of guanidine groups is 1. The minimum absolute atomic E-state index is 0. The van der Waals surface area contributed by atoms with Gasteiger partial charge in [-0.15, -0.1) is 24.0 Å². The van der Waals surface area contributed by atoms with Crippen LogP contribution in [0, 0.1) is 0 Å². The van der Waals surface area contributed by atoms with E-state index < -0.39 is 0 Å². The second-order valence-corrected chi connectivity index (χ2v) is 7.42. The van der Waals surface area contributed by atoms with Crippen molar-refractivity contribution < 1.29 is 9.47 Å². The minimum Gasteiger partial charge on any atom is -0.492 e. The van der Waals surface area contributed by atoms with Gasteiger partial charge in [0.25, 0.3) is 0 Å². The quantitative estimate of drug-likeness (QED) is 0.303. The first-order valence-electron chi connectivity index (χ1n) is 10.3. The number of likely N-dealkylation sites (N-methyl/N-ethyl adjacent to an activating group) is 1. The molecular weight excluding hydrogens is 529 g/mol. The summed E-state index contributed by atoms with van der Waals surface area (Å²) in [5.74, 6) is 2.64. The van der Waals surface area contributed by atoms with Crippen LogP contribution < -0.4 is 15.0 Å². The molecule has 7 nitrogen and oxygen atoms in total. The number of nitrogens with zero attached hydrogens (tertiary/aromatic N) is 4. The predicted octanol–water partition coefficient (Wildman–Crippen LogP) is 3.67. The zero-order valence-corrected chi connectivity index (χ0v) is 21.2. The van der Waals surface area contributed by atoms with E-state index >= 15 is 0 Å². The summed E-state index contributed by atoms with van der Waals surface area (Å²) in [7, 11) is 2.01. The third-order valence-electron chi connectivity index (χ3n) is 4.78. The second kappa shape index (κ2) is 13.6. The van der Waals surface area contributed by atoms with Gasteiger partial charge in [0.1, 0.15) is 18.2 Å². The van der Waals surface area contributed by atoms with Crippen LogP contribution in [0.5, 0.6) is 5.75 Å². The van der Waals surface area contributed by atoms with E-state index in [-0.39, 0.29) is 24.0 Å². The summed E-state index contributed by atoms with van der Waals surface area (Å²) in [5, 5.41) is 4.06. The lowest BCUT2D eigenvalue weighted by atomic mass is 10.2. The Kier molecular flexibility index (Phi) is 11.2. The summed E-state index contributed by atoms with van der Waals surface area (Å²) in [4.78, 5) is 13.8. The van der Waals surface area contributed by atoms with Gasteiger partial charge in [0, 0.05) is 43.5 Å². The van der Waals surface area contributed by atoms with Gasteiger partial charge in [0.2, 0.25) is 0 Å². The van der Waals surface area contributed by atoms with Gasteiger partial charge in [-0.25, -0.2) is 9.98 Å². The topological polar surface area (TPSA) is 62.2 Å². The summed E-state index contributed by atoms with van der Waals surface area (Å²) >= 11 is 5.92. The SMILES string of the molecule is CCNC(=NCc1cccnc1N1CCOCC1)N(C)CCOc1ccc(Cl)cc1.I. The van der Waals surface area contributed by atoms with Crippen LogP contribution in [-0.4, -0.2) is 68.9 Å². The Morgan fingerprint density at radius 2 is 2.00 bits per heavy atom. The molecule has 0 bridgehead atoms. The number of benzene rings is 1. The highest BCUT2D eigenvalue weighted by molar-refractivity contribution is 14.0. The number of nitrogens with one attached hydrogen (secondary N) is 1. The molecule has 0 aliphatic carbocycles. The maximum atomic E-state index is 5.92. The van der Waals surface area contributed by atoms with Gasteiger partial charge in [0.15, 0.2) is 5.96 Å². The Labute approximate surface area is 206 Å². The van der Waals surface area contributed by atoms with Gasteiger partial charge in [0.05, 0.1) is 26.3 Å². The zero-order chi connectivity index (χ0) is 21.2. The average Bonchev–Trinajstić information content (AvgIpc) is 2.78. The molecule has 1 fully saturated rings. The molecule has 1 aromatic heterocycles. The number of ether oxygens (including phenoxy) is 2. The van der Waals surface area contributed by atoms with E-state index in [1.807, 2.05) is 43.6 Å². The molecule has 1 N–H and O–H groups in total. The molecule has 0 atom stereocenters. The van der Waals surface area contributed by atoms with E-state index in [0.717, 1.165) is 55.9 Å². The van der Waals surface area contributed by atoms with Crippen molar-refractivity contribution in [3.8, 4) is 5.75 Å². The molecular formula is C22H31ClIN5O2. The molecule has 0 unspecified atom stereocenters. The molecule has 170 valence electrons. The number of aromatic nitrogens is 1. The fraction of sp³-hybridized carbons (Fsp3) is 0.455. The predicted molar refractivity (Wildman–Crippen MR) is 137 cm³/mol. The van der Waals surface area contributed by atoms with E-state index in [0.29, 0.717) is 24.7 Å². The van der Waals surface area contributed by atoms with E-state index in [4.69, 9.17) is 26.1 Å². The van der Waals surface area contributed by atoms with Crippen molar-refractivity contribution in [3.05, 3.63) is 53.2 Å². The van der Waals surface area contributed by atoms with Gasteiger partial charge in [-0.2, -0.15) is 0 Å². The Morgan fingerprint density at radius 1 is 1.26 bits per heavy atom. The lowest BCUT2D eigenvalue weighted by Gasteiger charge is -2.29. The number of halogens is 2. The maximum absolute atomic E-state index is 5.92.